The van der Waals surface area contributed by atoms with Crippen LogP contribution in [-0.2, 0) is 18.6 Å². The Hall–Kier alpha value is 0.584. The van der Waals surface area contributed by atoms with Crippen LogP contribution in [0, 0.1) is 12.8 Å². The van der Waals surface area contributed by atoms with Crippen LogP contribution in [-0.4, -0.2) is 0 Å². The fourth-order valence-corrected chi connectivity index (χ4v) is 1.48. The zero-order valence-electron chi connectivity index (χ0n) is 5.97. The van der Waals surface area contributed by atoms with Crippen molar-refractivity contribution in [1.82, 2.24) is 0 Å². The summed E-state index contributed by atoms with van der Waals surface area (Å²) >= 11 is 0. The SMILES string of the molecule is [CH2-]CC1CCCCC1.[V]. The maximum atomic E-state index is 3.91. The molecule has 0 unspecified atom stereocenters. The summed E-state index contributed by atoms with van der Waals surface area (Å²) in [7, 11) is 0. The first-order valence-electron chi connectivity index (χ1n) is 3.72. The van der Waals surface area contributed by atoms with Crippen LogP contribution in [0.1, 0.15) is 38.5 Å². The molecule has 0 aromatic carbocycles. The molecule has 1 rings (SSSR count). The zero-order chi connectivity index (χ0) is 5.82. The van der Waals surface area contributed by atoms with Gasteiger partial charge in [0.1, 0.15) is 0 Å². The van der Waals surface area contributed by atoms with Gasteiger partial charge in [-0.3, -0.25) is 0 Å². The van der Waals surface area contributed by atoms with Crippen LogP contribution in [0.5, 0.6) is 0 Å². The van der Waals surface area contributed by atoms with Crippen molar-refractivity contribution in [3.63, 3.8) is 0 Å². The molecule has 0 bridgehead atoms. The van der Waals surface area contributed by atoms with E-state index in [1.807, 2.05) is 0 Å². The Bertz CT molecular complexity index is 55.6. The average molecular weight is 162 g/mol. The maximum absolute atomic E-state index is 3.91. The van der Waals surface area contributed by atoms with Gasteiger partial charge >= 0.3 is 0 Å². The molecule has 0 saturated heterocycles. The molecular formula is C8H15V-. The van der Waals surface area contributed by atoms with Crippen molar-refractivity contribution < 1.29 is 18.6 Å². The summed E-state index contributed by atoms with van der Waals surface area (Å²) in [5.74, 6) is 0.976. The van der Waals surface area contributed by atoms with E-state index in [9.17, 15) is 0 Å². The molecule has 0 spiro atoms. The van der Waals surface area contributed by atoms with Crippen molar-refractivity contribution in [3.05, 3.63) is 6.92 Å². The summed E-state index contributed by atoms with van der Waals surface area (Å²) in [5.41, 5.74) is 0. The van der Waals surface area contributed by atoms with Crippen LogP contribution < -0.4 is 0 Å². The van der Waals surface area contributed by atoms with E-state index in [0.29, 0.717) is 0 Å². The topological polar surface area (TPSA) is 0 Å². The average Bonchev–Trinajstić information content (AvgIpc) is 1.90. The standard InChI is InChI=1S/C8H15.V/c1-2-8-6-4-3-5-7-8;/h8H,1-7H2;/q-1;. The van der Waals surface area contributed by atoms with Gasteiger partial charge in [-0.15, -0.1) is 0 Å². The molecule has 0 nitrogen and oxygen atoms in total. The summed E-state index contributed by atoms with van der Waals surface area (Å²) in [6.45, 7) is 3.91. The van der Waals surface area contributed by atoms with Gasteiger partial charge in [0.2, 0.25) is 0 Å². The van der Waals surface area contributed by atoms with Crippen LogP contribution in [0.3, 0.4) is 0 Å². The maximum Gasteiger partial charge on any atom is 0 e. The monoisotopic (exact) mass is 162 g/mol. The van der Waals surface area contributed by atoms with Crippen molar-refractivity contribution in [2.24, 2.45) is 5.92 Å². The predicted octanol–water partition coefficient (Wildman–Crippen LogP) is 2.79. The Morgan fingerprint density at radius 1 is 1.11 bits per heavy atom. The predicted molar refractivity (Wildman–Crippen MR) is 36.5 cm³/mol. The minimum Gasteiger partial charge on any atom is -0.343 e. The summed E-state index contributed by atoms with van der Waals surface area (Å²) in [5, 5.41) is 0. The smallest absolute Gasteiger partial charge is 0 e. The third kappa shape index (κ3) is 3.32. The minimum absolute atomic E-state index is 0. The summed E-state index contributed by atoms with van der Waals surface area (Å²) in [6.07, 6.45) is 8.45. The van der Waals surface area contributed by atoms with Crippen molar-refractivity contribution in [1.29, 1.82) is 0 Å². The fourth-order valence-electron chi connectivity index (χ4n) is 1.48. The van der Waals surface area contributed by atoms with Gasteiger partial charge < -0.3 is 6.92 Å². The molecule has 0 N–H and O–H groups in total. The molecule has 53 valence electrons. The molecule has 1 fully saturated rings. The third-order valence-electron chi connectivity index (χ3n) is 2.13. The summed E-state index contributed by atoms with van der Waals surface area (Å²) < 4.78 is 0. The van der Waals surface area contributed by atoms with Gasteiger partial charge in [0, 0.05) is 18.6 Å². The molecule has 0 aromatic heterocycles. The second-order valence-corrected chi connectivity index (χ2v) is 2.79. The van der Waals surface area contributed by atoms with Gasteiger partial charge in [-0.2, -0.15) is 6.42 Å². The van der Waals surface area contributed by atoms with E-state index in [2.05, 4.69) is 6.92 Å². The fraction of sp³-hybridized carbons (Fsp3) is 0.875. The summed E-state index contributed by atoms with van der Waals surface area (Å²) in [4.78, 5) is 0. The number of rotatable bonds is 1. The number of hydrogen-bond donors (Lipinski definition) is 0. The molecule has 0 heterocycles. The van der Waals surface area contributed by atoms with E-state index in [1.54, 1.807) is 0 Å². The molecule has 0 aliphatic heterocycles. The van der Waals surface area contributed by atoms with Crippen LogP contribution in [0.2, 0.25) is 0 Å². The molecule has 1 radical (unpaired) electrons. The van der Waals surface area contributed by atoms with Gasteiger partial charge in [-0.25, -0.2) is 0 Å². The normalized spacial score (nSPS) is 21.0. The largest absolute Gasteiger partial charge is 0.343 e. The minimum atomic E-state index is 0. The second kappa shape index (κ2) is 5.38. The quantitative estimate of drug-likeness (QED) is 0.520. The van der Waals surface area contributed by atoms with Crippen molar-refractivity contribution >= 4 is 0 Å². The van der Waals surface area contributed by atoms with Crippen LogP contribution >= 0.6 is 0 Å². The Morgan fingerprint density at radius 2 is 1.67 bits per heavy atom. The molecule has 0 atom stereocenters. The Morgan fingerprint density at radius 3 is 2.00 bits per heavy atom. The van der Waals surface area contributed by atoms with Gasteiger partial charge in [-0.05, 0) is 0 Å². The molecule has 1 aliphatic carbocycles. The van der Waals surface area contributed by atoms with Crippen molar-refractivity contribution in [2.75, 3.05) is 0 Å². The van der Waals surface area contributed by atoms with Gasteiger partial charge in [0.05, 0.1) is 0 Å². The molecule has 0 aromatic rings. The van der Waals surface area contributed by atoms with Crippen LogP contribution in [0.25, 0.3) is 0 Å². The first-order valence-corrected chi connectivity index (χ1v) is 3.72. The van der Waals surface area contributed by atoms with Gasteiger partial charge in [0.15, 0.2) is 0 Å². The molecule has 1 saturated carbocycles. The molecule has 1 heteroatoms. The van der Waals surface area contributed by atoms with E-state index in [0.717, 1.165) is 5.92 Å². The van der Waals surface area contributed by atoms with E-state index < -0.39 is 0 Å². The Kier molecular flexibility index (Phi) is 5.72. The number of hydrogen-bond acceptors (Lipinski definition) is 0. The Labute approximate surface area is 70.3 Å². The van der Waals surface area contributed by atoms with Crippen molar-refractivity contribution in [3.8, 4) is 0 Å². The zero-order valence-corrected chi connectivity index (χ0v) is 7.37. The first-order chi connectivity index (χ1) is 3.93. The Balaban J connectivity index is 0.000000640. The van der Waals surface area contributed by atoms with Crippen molar-refractivity contribution in [2.45, 2.75) is 38.5 Å². The van der Waals surface area contributed by atoms with E-state index in [-0.39, 0.29) is 18.6 Å². The third-order valence-corrected chi connectivity index (χ3v) is 2.13. The summed E-state index contributed by atoms with van der Waals surface area (Å²) in [6, 6.07) is 0. The molecule has 1 aliphatic rings. The van der Waals surface area contributed by atoms with E-state index in [4.69, 9.17) is 0 Å². The van der Waals surface area contributed by atoms with Crippen LogP contribution in [0.4, 0.5) is 0 Å². The van der Waals surface area contributed by atoms with E-state index in [1.165, 1.54) is 38.5 Å². The van der Waals surface area contributed by atoms with Crippen LogP contribution in [0.15, 0.2) is 0 Å². The van der Waals surface area contributed by atoms with E-state index >= 15 is 0 Å². The van der Waals surface area contributed by atoms with Gasteiger partial charge in [0.25, 0.3) is 0 Å². The molecular weight excluding hydrogens is 147 g/mol. The van der Waals surface area contributed by atoms with Gasteiger partial charge in [-0.1, -0.05) is 38.0 Å². The molecule has 9 heavy (non-hydrogen) atoms. The second-order valence-electron chi connectivity index (χ2n) is 2.79. The first kappa shape index (κ1) is 9.58. The molecule has 0 amide bonds.